The lowest BCUT2D eigenvalue weighted by molar-refractivity contribution is 0.149. The highest BCUT2D eigenvalue weighted by Crippen LogP contribution is 2.19. The number of benzene rings is 1. The van der Waals surface area contributed by atoms with Gasteiger partial charge in [0.2, 0.25) is 0 Å². The second kappa shape index (κ2) is 8.06. The minimum Gasteiger partial charge on any atom is -0.378 e. The first-order valence-electron chi connectivity index (χ1n) is 8.42. The summed E-state index contributed by atoms with van der Waals surface area (Å²) >= 11 is 0. The molecule has 0 radical (unpaired) electrons. The first-order valence-corrected chi connectivity index (χ1v) is 8.42. The highest BCUT2D eigenvalue weighted by Gasteiger charge is 2.24. The Hall–Kier alpha value is -1.71. The Morgan fingerprint density at radius 1 is 1.27 bits per heavy atom. The summed E-state index contributed by atoms with van der Waals surface area (Å²) in [6, 6.07) is 9.04. The van der Waals surface area contributed by atoms with Crippen molar-refractivity contribution < 1.29 is 4.79 Å². The number of nitrogens with one attached hydrogen (secondary N) is 1. The number of hydrogen-bond acceptors (Lipinski definition) is 2. The molecule has 1 aliphatic rings. The van der Waals surface area contributed by atoms with Gasteiger partial charge >= 0.3 is 6.03 Å². The van der Waals surface area contributed by atoms with Gasteiger partial charge in [0.25, 0.3) is 0 Å². The van der Waals surface area contributed by atoms with Crippen molar-refractivity contribution in [1.29, 1.82) is 0 Å². The summed E-state index contributed by atoms with van der Waals surface area (Å²) in [6.45, 7) is 3.78. The summed E-state index contributed by atoms with van der Waals surface area (Å²) in [6.07, 6.45) is 5.47. The van der Waals surface area contributed by atoms with Crippen molar-refractivity contribution >= 4 is 11.7 Å². The van der Waals surface area contributed by atoms with Crippen LogP contribution in [0.4, 0.5) is 10.5 Å². The molecule has 2 rings (SSSR count). The molecule has 1 aromatic carbocycles. The molecule has 0 aliphatic carbocycles. The molecule has 0 bridgehead atoms. The van der Waals surface area contributed by atoms with Gasteiger partial charge < -0.3 is 15.1 Å². The van der Waals surface area contributed by atoms with Gasteiger partial charge in [-0.2, -0.15) is 0 Å². The van der Waals surface area contributed by atoms with Gasteiger partial charge in [-0.25, -0.2) is 4.79 Å². The molecule has 22 heavy (non-hydrogen) atoms. The van der Waals surface area contributed by atoms with Crippen molar-refractivity contribution in [2.24, 2.45) is 0 Å². The topological polar surface area (TPSA) is 35.6 Å². The van der Waals surface area contributed by atoms with E-state index in [1.807, 2.05) is 19.0 Å². The van der Waals surface area contributed by atoms with E-state index < -0.39 is 0 Å². The van der Waals surface area contributed by atoms with Gasteiger partial charge in [-0.1, -0.05) is 19.1 Å². The molecule has 1 aromatic rings. The van der Waals surface area contributed by atoms with E-state index in [0.29, 0.717) is 12.6 Å². The fraction of sp³-hybridized carbons (Fsp3) is 0.611. The van der Waals surface area contributed by atoms with Crippen LogP contribution in [0.2, 0.25) is 0 Å². The molecule has 1 aliphatic heterocycles. The number of urea groups is 1. The van der Waals surface area contributed by atoms with Gasteiger partial charge in [-0.05, 0) is 49.8 Å². The number of piperidine rings is 1. The molecule has 0 spiro atoms. The van der Waals surface area contributed by atoms with E-state index in [1.54, 1.807) is 0 Å². The molecule has 122 valence electrons. The van der Waals surface area contributed by atoms with Crippen LogP contribution in [0.5, 0.6) is 0 Å². The van der Waals surface area contributed by atoms with Crippen molar-refractivity contribution in [2.45, 2.75) is 45.1 Å². The Labute approximate surface area is 134 Å². The zero-order chi connectivity index (χ0) is 15.9. The predicted molar refractivity (Wildman–Crippen MR) is 92.5 cm³/mol. The van der Waals surface area contributed by atoms with Crippen LogP contribution in [0.1, 0.15) is 38.2 Å². The smallest absolute Gasteiger partial charge is 0.317 e. The van der Waals surface area contributed by atoms with Gasteiger partial charge in [0.1, 0.15) is 0 Å². The highest BCUT2D eigenvalue weighted by molar-refractivity contribution is 5.74. The fourth-order valence-corrected chi connectivity index (χ4v) is 3.07. The third-order valence-electron chi connectivity index (χ3n) is 4.50. The maximum Gasteiger partial charge on any atom is 0.317 e. The molecule has 4 heteroatoms. The number of likely N-dealkylation sites (tertiary alicyclic amines) is 1. The maximum atomic E-state index is 12.3. The minimum atomic E-state index is 0.108. The zero-order valence-electron chi connectivity index (χ0n) is 14.1. The first kappa shape index (κ1) is 16.7. The number of carbonyl (C=O) groups is 1. The van der Waals surface area contributed by atoms with E-state index in [-0.39, 0.29) is 6.03 Å². The van der Waals surface area contributed by atoms with Crippen LogP contribution >= 0.6 is 0 Å². The highest BCUT2D eigenvalue weighted by atomic mass is 16.2. The molecule has 1 heterocycles. The average molecular weight is 303 g/mol. The Balaban J connectivity index is 1.78. The van der Waals surface area contributed by atoms with Crippen LogP contribution in [0.15, 0.2) is 24.3 Å². The van der Waals surface area contributed by atoms with Crippen molar-refractivity contribution in [3.8, 4) is 0 Å². The van der Waals surface area contributed by atoms with Crippen LogP contribution < -0.4 is 10.2 Å². The largest absolute Gasteiger partial charge is 0.378 e. The van der Waals surface area contributed by atoms with Crippen molar-refractivity contribution in [3.63, 3.8) is 0 Å². The number of nitrogens with zero attached hydrogens (tertiary/aromatic N) is 2. The molecule has 1 fully saturated rings. The van der Waals surface area contributed by atoms with E-state index in [2.05, 4.69) is 41.4 Å². The molecule has 0 aromatic heterocycles. The first-order chi connectivity index (χ1) is 10.6. The molecule has 1 unspecified atom stereocenters. The molecular formula is C18H29N3O. The lowest BCUT2D eigenvalue weighted by Crippen LogP contribution is -2.48. The van der Waals surface area contributed by atoms with Crippen molar-refractivity contribution in [2.75, 3.05) is 32.1 Å². The fourth-order valence-electron chi connectivity index (χ4n) is 3.07. The second-order valence-electron chi connectivity index (χ2n) is 6.29. The van der Waals surface area contributed by atoms with Crippen LogP contribution in [0.3, 0.4) is 0 Å². The minimum absolute atomic E-state index is 0.108. The monoisotopic (exact) mass is 303 g/mol. The van der Waals surface area contributed by atoms with E-state index in [4.69, 9.17) is 0 Å². The number of hydrogen-bond donors (Lipinski definition) is 1. The van der Waals surface area contributed by atoms with E-state index >= 15 is 0 Å². The van der Waals surface area contributed by atoms with E-state index in [0.717, 1.165) is 32.2 Å². The quantitative estimate of drug-likeness (QED) is 0.906. The summed E-state index contributed by atoms with van der Waals surface area (Å²) < 4.78 is 0. The summed E-state index contributed by atoms with van der Waals surface area (Å²) in [4.78, 5) is 16.4. The lowest BCUT2D eigenvalue weighted by atomic mass is 10.0. The Kier molecular flexibility index (Phi) is 6.10. The third-order valence-corrected chi connectivity index (χ3v) is 4.50. The molecule has 4 nitrogen and oxygen atoms in total. The number of amides is 2. The molecule has 1 N–H and O–H groups in total. The molecule has 0 saturated carbocycles. The average Bonchev–Trinajstić information content (AvgIpc) is 2.55. The van der Waals surface area contributed by atoms with Gasteiger partial charge in [0.15, 0.2) is 0 Å². The Bertz CT molecular complexity index is 470. The van der Waals surface area contributed by atoms with Crippen LogP contribution in [-0.4, -0.2) is 44.2 Å². The van der Waals surface area contributed by atoms with Gasteiger partial charge in [0, 0.05) is 38.9 Å². The van der Waals surface area contributed by atoms with Gasteiger partial charge in [-0.15, -0.1) is 0 Å². The summed E-state index contributed by atoms with van der Waals surface area (Å²) in [5.41, 5.74) is 2.46. The van der Waals surface area contributed by atoms with Crippen LogP contribution in [-0.2, 0) is 6.42 Å². The number of anilines is 1. The molecular weight excluding hydrogens is 274 g/mol. The summed E-state index contributed by atoms with van der Waals surface area (Å²) in [7, 11) is 4.08. The van der Waals surface area contributed by atoms with Gasteiger partial charge in [-0.3, -0.25) is 0 Å². The predicted octanol–water partition coefficient (Wildman–Crippen LogP) is 3.27. The standard InChI is InChI=1S/C18H29N3O/c1-4-16-7-5-6-14-21(16)18(22)19-13-12-15-8-10-17(11-9-15)20(2)3/h8-11,16H,4-7,12-14H2,1-3H3,(H,19,22). The molecule has 1 atom stereocenters. The Morgan fingerprint density at radius 2 is 2.00 bits per heavy atom. The summed E-state index contributed by atoms with van der Waals surface area (Å²) in [5.74, 6) is 0. The molecule has 1 saturated heterocycles. The van der Waals surface area contributed by atoms with Gasteiger partial charge in [0.05, 0.1) is 0 Å². The van der Waals surface area contributed by atoms with E-state index in [9.17, 15) is 4.79 Å². The normalized spacial score (nSPS) is 18.1. The summed E-state index contributed by atoms with van der Waals surface area (Å²) in [5, 5.41) is 3.08. The maximum absolute atomic E-state index is 12.3. The lowest BCUT2D eigenvalue weighted by Gasteiger charge is -2.35. The van der Waals surface area contributed by atoms with E-state index in [1.165, 1.54) is 17.7 Å². The number of rotatable bonds is 5. The SMILES string of the molecule is CCC1CCCCN1C(=O)NCCc1ccc(N(C)C)cc1. The second-order valence-corrected chi connectivity index (χ2v) is 6.29. The van der Waals surface area contributed by atoms with Crippen molar-refractivity contribution in [3.05, 3.63) is 29.8 Å². The molecule has 2 amide bonds. The van der Waals surface area contributed by atoms with Crippen molar-refractivity contribution in [1.82, 2.24) is 10.2 Å². The third kappa shape index (κ3) is 4.39. The Morgan fingerprint density at radius 3 is 2.64 bits per heavy atom. The zero-order valence-corrected chi connectivity index (χ0v) is 14.1. The van der Waals surface area contributed by atoms with Crippen LogP contribution in [0, 0.1) is 0 Å². The van der Waals surface area contributed by atoms with Crippen LogP contribution in [0.25, 0.3) is 0 Å². The number of carbonyl (C=O) groups excluding carboxylic acids is 1.